The molecule has 1 heterocycles. The largest absolute Gasteiger partial charge is 0.381 e. The van der Waals surface area contributed by atoms with Gasteiger partial charge in [-0.3, -0.25) is 4.79 Å². The molecule has 0 radical (unpaired) electrons. The first kappa shape index (κ1) is 17.5. The molecule has 5 fully saturated rings. The Morgan fingerprint density at radius 3 is 2.07 bits per heavy atom. The third-order valence-corrected chi connectivity index (χ3v) is 7.79. The van der Waals surface area contributed by atoms with E-state index < -0.39 is 0 Å². The highest BCUT2D eigenvalue weighted by Crippen LogP contribution is 2.60. The molecule has 146 valence electrons. The minimum absolute atomic E-state index is 0.0740. The van der Waals surface area contributed by atoms with Gasteiger partial charge in [-0.15, -0.1) is 0 Å². The Morgan fingerprint density at radius 2 is 1.56 bits per heavy atom. The molecule has 1 N–H and O–H groups in total. The first-order chi connectivity index (χ1) is 13.1. The van der Waals surface area contributed by atoms with Crippen molar-refractivity contribution in [3.8, 4) is 0 Å². The number of ether oxygens (including phenoxy) is 1. The van der Waals surface area contributed by atoms with Crippen molar-refractivity contribution >= 4 is 17.3 Å². The third-order valence-electron chi connectivity index (χ3n) is 7.79. The van der Waals surface area contributed by atoms with Crippen LogP contribution in [0, 0.1) is 23.2 Å². The minimum Gasteiger partial charge on any atom is -0.381 e. The first-order valence-electron chi connectivity index (χ1n) is 10.8. The number of hydrogen-bond donors (Lipinski definition) is 1. The van der Waals surface area contributed by atoms with E-state index in [1.54, 1.807) is 0 Å². The number of amides is 1. The molecule has 1 aromatic carbocycles. The molecule has 0 atom stereocenters. The Kier molecular flexibility index (Phi) is 4.42. The number of hydrogen-bond acceptors (Lipinski definition) is 3. The summed E-state index contributed by atoms with van der Waals surface area (Å²) in [5, 5.41) is 3.27. The van der Waals surface area contributed by atoms with Gasteiger partial charge in [-0.05, 0) is 93.4 Å². The SMILES string of the molecule is COC1CCN(c2ccc(NC(=O)C34CC5CC(CC(C5)C3)C4)cc2)CC1. The van der Waals surface area contributed by atoms with Crippen molar-refractivity contribution in [2.45, 2.75) is 57.5 Å². The number of rotatable bonds is 4. The summed E-state index contributed by atoms with van der Waals surface area (Å²) in [4.78, 5) is 15.6. The molecule has 5 aliphatic rings. The molecule has 6 rings (SSSR count). The third kappa shape index (κ3) is 3.26. The molecule has 1 aromatic rings. The van der Waals surface area contributed by atoms with E-state index in [4.69, 9.17) is 4.74 Å². The quantitative estimate of drug-likeness (QED) is 0.853. The lowest BCUT2D eigenvalue weighted by atomic mass is 9.49. The molecule has 0 unspecified atom stereocenters. The van der Waals surface area contributed by atoms with Crippen LogP contribution in [0.15, 0.2) is 24.3 Å². The zero-order chi connectivity index (χ0) is 18.4. The molecular weight excluding hydrogens is 336 g/mol. The van der Waals surface area contributed by atoms with Crippen LogP contribution < -0.4 is 10.2 Å². The molecule has 4 heteroatoms. The van der Waals surface area contributed by atoms with Gasteiger partial charge in [0, 0.05) is 31.6 Å². The maximum absolute atomic E-state index is 13.2. The summed E-state index contributed by atoms with van der Waals surface area (Å²) in [6, 6.07) is 8.47. The van der Waals surface area contributed by atoms with Gasteiger partial charge in [0.25, 0.3) is 0 Å². The van der Waals surface area contributed by atoms with Crippen LogP contribution in [0.4, 0.5) is 11.4 Å². The van der Waals surface area contributed by atoms with E-state index in [2.05, 4.69) is 34.5 Å². The van der Waals surface area contributed by atoms with Crippen LogP contribution in [0.1, 0.15) is 51.4 Å². The average Bonchev–Trinajstić information content (AvgIpc) is 2.68. The van der Waals surface area contributed by atoms with Crippen LogP contribution in [0.25, 0.3) is 0 Å². The highest BCUT2D eigenvalue weighted by atomic mass is 16.5. The van der Waals surface area contributed by atoms with Crippen LogP contribution >= 0.6 is 0 Å². The Morgan fingerprint density at radius 1 is 1.00 bits per heavy atom. The highest BCUT2D eigenvalue weighted by Gasteiger charge is 2.54. The van der Waals surface area contributed by atoms with Crippen molar-refractivity contribution in [3.05, 3.63) is 24.3 Å². The van der Waals surface area contributed by atoms with E-state index in [0.717, 1.165) is 68.6 Å². The van der Waals surface area contributed by atoms with E-state index in [9.17, 15) is 4.79 Å². The smallest absolute Gasteiger partial charge is 0.230 e. The summed E-state index contributed by atoms with van der Waals surface area (Å²) in [7, 11) is 1.81. The lowest BCUT2D eigenvalue weighted by Crippen LogP contribution is -2.51. The lowest BCUT2D eigenvalue weighted by molar-refractivity contribution is -0.140. The molecule has 1 saturated heterocycles. The average molecular weight is 369 g/mol. The lowest BCUT2D eigenvalue weighted by Gasteiger charge is -2.55. The molecule has 4 aliphatic carbocycles. The van der Waals surface area contributed by atoms with Gasteiger partial charge in [-0.2, -0.15) is 0 Å². The van der Waals surface area contributed by atoms with E-state index in [0.29, 0.717) is 6.10 Å². The zero-order valence-electron chi connectivity index (χ0n) is 16.5. The van der Waals surface area contributed by atoms with Gasteiger partial charge in [0.05, 0.1) is 11.5 Å². The van der Waals surface area contributed by atoms with E-state index in [-0.39, 0.29) is 11.3 Å². The van der Waals surface area contributed by atoms with Crippen molar-refractivity contribution in [2.24, 2.45) is 23.2 Å². The predicted molar refractivity (Wildman–Crippen MR) is 108 cm³/mol. The van der Waals surface area contributed by atoms with Crippen molar-refractivity contribution < 1.29 is 9.53 Å². The second-order valence-electron chi connectivity index (χ2n) is 9.62. The van der Waals surface area contributed by atoms with Gasteiger partial charge in [0.15, 0.2) is 0 Å². The summed E-state index contributed by atoms with van der Waals surface area (Å²) in [5.74, 6) is 2.70. The van der Waals surface area contributed by atoms with Crippen molar-refractivity contribution in [1.82, 2.24) is 0 Å². The van der Waals surface area contributed by atoms with E-state index in [1.165, 1.54) is 24.9 Å². The van der Waals surface area contributed by atoms with Gasteiger partial charge in [-0.1, -0.05) is 0 Å². The van der Waals surface area contributed by atoms with Crippen LogP contribution in [0.2, 0.25) is 0 Å². The second kappa shape index (κ2) is 6.80. The number of carbonyl (C=O) groups excluding carboxylic acids is 1. The zero-order valence-corrected chi connectivity index (χ0v) is 16.5. The summed E-state index contributed by atoms with van der Waals surface area (Å²) in [6.07, 6.45) is 10.1. The summed E-state index contributed by atoms with van der Waals surface area (Å²) in [6.45, 7) is 2.08. The van der Waals surface area contributed by atoms with Gasteiger partial charge >= 0.3 is 0 Å². The summed E-state index contributed by atoms with van der Waals surface area (Å²) in [5.41, 5.74) is 2.12. The number of methoxy groups -OCH3 is 1. The number of nitrogens with one attached hydrogen (secondary N) is 1. The summed E-state index contributed by atoms with van der Waals surface area (Å²) >= 11 is 0. The Bertz CT molecular complexity index is 656. The fraction of sp³-hybridized carbons (Fsp3) is 0.696. The predicted octanol–water partition coefficient (Wildman–Crippen LogP) is 4.46. The van der Waals surface area contributed by atoms with Crippen molar-refractivity contribution in [2.75, 3.05) is 30.4 Å². The molecular formula is C23H32N2O2. The molecule has 4 bridgehead atoms. The van der Waals surface area contributed by atoms with E-state index in [1.807, 2.05) is 7.11 Å². The van der Waals surface area contributed by atoms with Crippen LogP contribution in [0.3, 0.4) is 0 Å². The number of benzene rings is 1. The first-order valence-corrected chi connectivity index (χ1v) is 10.8. The van der Waals surface area contributed by atoms with Gasteiger partial charge in [0.2, 0.25) is 5.91 Å². The second-order valence-corrected chi connectivity index (χ2v) is 9.62. The molecule has 27 heavy (non-hydrogen) atoms. The fourth-order valence-corrected chi connectivity index (χ4v) is 6.76. The molecule has 1 amide bonds. The normalized spacial score (nSPS) is 35.4. The Labute approximate surface area is 162 Å². The Balaban J connectivity index is 1.23. The number of nitrogens with zero attached hydrogens (tertiary/aromatic N) is 1. The van der Waals surface area contributed by atoms with E-state index >= 15 is 0 Å². The minimum atomic E-state index is -0.0740. The van der Waals surface area contributed by atoms with Gasteiger partial charge in [0.1, 0.15) is 0 Å². The maximum Gasteiger partial charge on any atom is 0.230 e. The molecule has 1 aliphatic heterocycles. The highest BCUT2D eigenvalue weighted by molar-refractivity contribution is 5.95. The molecule has 4 nitrogen and oxygen atoms in total. The van der Waals surface area contributed by atoms with Crippen molar-refractivity contribution in [3.63, 3.8) is 0 Å². The topological polar surface area (TPSA) is 41.6 Å². The molecule has 0 aromatic heterocycles. The number of piperidine rings is 1. The number of carbonyl (C=O) groups is 1. The van der Waals surface area contributed by atoms with Crippen LogP contribution in [0.5, 0.6) is 0 Å². The Hall–Kier alpha value is -1.55. The van der Waals surface area contributed by atoms with Gasteiger partial charge < -0.3 is 15.0 Å². The van der Waals surface area contributed by atoms with Crippen molar-refractivity contribution in [1.29, 1.82) is 0 Å². The fourth-order valence-electron chi connectivity index (χ4n) is 6.76. The molecule has 4 saturated carbocycles. The number of anilines is 2. The standard InChI is InChI=1S/C23H32N2O2/c1-27-21-6-8-25(9-7-21)20-4-2-19(3-5-20)24-22(26)23-13-16-10-17(14-23)12-18(11-16)15-23/h2-5,16-18,21H,6-15H2,1H3,(H,24,26). The van der Waals surface area contributed by atoms with Crippen LogP contribution in [-0.2, 0) is 9.53 Å². The van der Waals surface area contributed by atoms with Crippen LogP contribution in [-0.4, -0.2) is 32.2 Å². The molecule has 0 spiro atoms. The monoisotopic (exact) mass is 368 g/mol. The maximum atomic E-state index is 13.2. The van der Waals surface area contributed by atoms with Gasteiger partial charge in [-0.25, -0.2) is 0 Å². The summed E-state index contributed by atoms with van der Waals surface area (Å²) < 4.78 is 5.46.